The van der Waals surface area contributed by atoms with Gasteiger partial charge in [0.1, 0.15) is 0 Å². The fraction of sp³-hybridized carbons (Fsp3) is 1.00. The Morgan fingerprint density at radius 3 is 2.63 bits per heavy atom. The molecule has 1 heterocycles. The van der Waals surface area contributed by atoms with Crippen LogP contribution < -0.4 is 0 Å². The molecule has 1 aliphatic heterocycles. The second-order valence-electron chi connectivity index (χ2n) is 8.33. The number of hydrogen-bond donors (Lipinski definition) is 0. The van der Waals surface area contributed by atoms with Crippen molar-refractivity contribution in [3.05, 3.63) is 0 Å². The molecule has 110 valence electrons. The third-order valence-corrected chi connectivity index (χ3v) is 6.89. The Hall–Kier alpha value is -0.0400. The van der Waals surface area contributed by atoms with Gasteiger partial charge in [0.15, 0.2) is 0 Å². The summed E-state index contributed by atoms with van der Waals surface area (Å²) in [6.45, 7) is 9.57. The Bertz CT molecular complexity index is 348. The van der Waals surface area contributed by atoms with Gasteiger partial charge in [-0.15, -0.1) is 0 Å². The van der Waals surface area contributed by atoms with Crippen LogP contribution in [0.3, 0.4) is 0 Å². The Morgan fingerprint density at radius 2 is 1.89 bits per heavy atom. The van der Waals surface area contributed by atoms with Crippen molar-refractivity contribution in [3.8, 4) is 0 Å². The van der Waals surface area contributed by atoms with E-state index < -0.39 is 0 Å². The number of rotatable bonds is 3. The molecular weight excluding hydrogens is 232 g/mol. The summed E-state index contributed by atoms with van der Waals surface area (Å²) in [4.78, 5) is 0. The van der Waals surface area contributed by atoms with Crippen LogP contribution in [0.25, 0.3) is 0 Å². The molecule has 0 aromatic rings. The van der Waals surface area contributed by atoms with E-state index in [1.165, 1.54) is 57.8 Å². The van der Waals surface area contributed by atoms with Gasteiger partial charge in [-0.05, 0) is 69.6 Å². The predicted molar refractivity (Wildman–Crippen MR) is 80.2 cm³/mol. The maximum absolute atomic E-state index is 6.88. The Kier molecular flexibility index (Phi) is 3.28. The van der Waals surface area contributed by atoms with Crippen LogP contribution in [0.15, 0.2) is 0 Å². The van der Waals surface area contributed by atoms with E-state index >= 15 is 0 Å². The molecule has 3 rings (SSSR count). The van der Waals surface area contributed by atoms with E-state index in [9.17, 15) is 0 Å². The summed E-state index contributed by atoms with van der Waals surface area (Å²) in [6.07, 6.45) is 12.5. The topological polar surface area (TPSA) is 9.23 Å². The van der Waals surface area contributed by atoms with Gasteiger partial charge in [-0.1, -0.05) is 33.1 Å². The first-order valence-electron chi connectivity index (χ1n) is 8.64. The largest absolute Gasteiger partial charge is 0.368 e. The molecule has 0 aromatic heterocycles. The molecule has 0 unspecified atom stereocenters. The number of unbranched alkanes of at least 4 members (excludes halogenated alkanes) is 1. The first kappa shape index (κ1) is 13.9. The Balaban J connectivity index is 1.93. The third kappa shape index (κ3) is 1.91. The molecular formula is C18H32O. The molecule has 19 heavy (non-hydrogen) atoms. The molecule has 0 aromatic carbocycles. The Labute approximate surface area is 119 Å². The summed E-state index contributed by atoms with van der Waals surface area (Å²) in [5.41, 5.74) is 0.820. The van der Waals surface area contributed by atoms with Crippen molar-refractivity contribution in [2.45, 2.75) is 96.7 Å². The number of fused-ring (bicyclic) bond motifs is 1. The number of hydrogen-bond acceptors (Lipinski definition) is 1. The molecule has 3 fully saturated rings. The Morgan fingerprint density at radius 1 is 1.11 bits per heavy atom. The van der Waals surface area contributed by atoms with E-state index in [0.717, 1.165) is 11.8 Å². The fourth-order valence-electron chi connectivity index (χ4n) is 5.61. The van der Waals surface area contributed by atoms with Crippen LogP contribution in [0.5, 0.6) is 0 Å². The van der Waals surface area contributed by atoms with Crippen LogP contribution in [0.4, 0.5) is 0 Å². The summed E-state index contributed by atoms with van der Waals surface area (Å²) in [5.74, 6) is 1.64. The summed E-state index contributed by atoms with van der Waals surface area (Å²) < 4.78 is 6.88. The van der Waals surface area contributed by atoms with E-state index in [2.05, 4.69) is 27.7 Å². The fourth-order valence-corrected chi connectivity index (χ4v) is 5.61. The van der Waals surface area contributed by atoms with Gasteiger partial charge in [0.2, 0.25) is 0 Å². The SMILES string of the molecule is CCCC[C@H]1CCC[C@@]2(C)CC[C@@H]3C[C@]12OC3(C)C. The monoisotopic (exact) mass is 264 g/mol. The van der Waals surface area contributed by atoms with Gasteiger partial charge in [-0.3, -0.25) is 0 Å². The zero-order valence-electron chi connectivity index (χ0n) is 13.4. The predicted octanol–water partition coefficient (Wildman–Crippen LogP) is 5.33. The van der Waals surface area contributed by atoms with Crippen LogP contribution in [0.1, 0.15) is 85.5 Å². The highest BCUT2D eigenvalue weighted by atomic mass is 16.5. The molecule has 0 N–H and O–H groups in total. The van der Waals surface area contributed by atoms with Crippen molar-refractivity contribution in [2.75, 3.05) is 0 Å². The van der Waals surface area contributed by atoms with Gasteiger partial charge >= 0.3 is 0 Å². The van der Waals surface area contributed by atoms with Gasteiger partial charge in [-0.25, -0.2) is 0 Å². The van der Waals surface area contributed by atoms with Crippen molar-refractivity contribution in [1.82, 2.24) is 0 Å². The van der Waals surface area contributed by atoms with Crippen molar-refractivity contribution < 1.29 is 4.74 Å². The van der Waals surface area contributed by atoms with Crippen molar-refractivity contribution in [3.63, 3.8) is 0 Å². The van der Waals surface area contributed by atoms with Gasteiger partial charge in [0.05, 0.1) is 11.2 Å². The molecule has 4 atom stereocenters. The number of ether oxygens (including phenoxy) is 1. The molecule has 2 aliphatic carbocycles. The van der Waals surface area contributed by atoms with E-state index in [1.54, 1.807) is 0 Å². The van der Waals surface area contributed by atoms with Crippen molar-refractivity contribution in [1.29, 1.82) is 0 Å². The molecule has 0 amide bonds. The lowest BCUT2D eigenvalue weighted by Gasteiger charge is -2.56. The average molecular weight is 264 g/mol. The highest BCUT2D eigenvalue weighted by molar-refractivity contribution is 5.15. The van der Waals surface area contributed by atoms with Crippen LogP contribution in [0.2, 0.25) is 0 Å². The maximum Gasteiger partial charge on any atom is 0.0774 e. The summed E-state index contributed by atoms with van der Waals surface area (Å²) in [7, 11) is 0. The first-order chi connectivity index (χ1) is 8.94. The van der Waals surface area contributed by atoms with E-state index in [4.69, 9.17) is 4.74 Å². The van der Waals surface area contributed by atoms with E-state index in [-0.39, 0.29) is 11.2 Å². The summed E-state index contributed by atoms with van der Waals surface area (Å²) in [5, 5.41) is 0. The van der Waals surface area contributed by atoms with Crippen LogP contribution in [-0.4, -0.2) is 11.2 Å². The lowest BCUT2D eigenvalue weighted by molar-refractivity contribution is -0.198. The van der Waals surface area contributed by atoms with Crippen LogP contribution >= 0.6 is 0 Å². The minimum atomic E-state index is 0.125. The highest BCUT2D eigenvalue weighted by Crippen LogP contribution is 2.66. The molecule has 2 saturated carbocycles. The summed E-state index contributed by atoms with van der Waals surface area (Å²) >= 11 is 0. The van der Waals surface area contributed by atoms with Crippen molar-refractivity contribution in [2.24, 2.45) is 17.3 Å². The second kappa shape index (κ2) is 4.48. The lowest BCUT2D eigenvalue weighted by atomic mass is 9.52. The average Bonchev–Trinajstić information content (AvgIpc) is 2.58. The molecule has 0 radical (unpaired) electrons. The quantitative estimate of drug-likeness (QED) is 0.669. The smallest absolute Gasteiger partial charge is 0.0774 e. The normalized spacial score (nSPS) is 48.0. The van der Waals surface area contributed by atoms with Gasteiger partial charge in [0.25, 0.3) is 0 Å². The van der Waals surface area contributed by atoms with E-state index in [1.807, 2.05) is 0 Å². The van der Waals surface area contributed by atoms with E-state index in [0.29, 0.717) is 5.41 Å². The zero-order valence-corrected chi connectivity index (χ0v) is 13.4. The lowest BCUT2D eigenvalue weighted by Crippen LogP contribution is -2.56. The molecule has 1 heteroatoms. The van der Waals surface area contributed by atoms with Crippen LogP contribution in [0, 0.1) is 17.3 Å². The molecule has 1 nitrogen and oxygen atoms in total. The zero-order chi connectivity index (χ0) is 13.7. The van der Waals surface area contributed by atoms with Crippen molar-refractivity contribution >= 4 is 0 Å². The third-order valence-electron chi connectivity index (χ3n) is 6.89. The summed E-state index contributed by atoms with van der Waals surface area (Å²) in [6, 6.07) is 0. The molecule has 3 aliphatic rings. The first-order valence-corrected chi connectivity index (χ1v) is 8.64. The minimum absolute atomic E-state index is 0.125. The maximum atomic E-state index is 6.88. The van der Waals surface area contributed by atoms with Gasteiger partial charge in [0, 0.05) is 0 Å². The van der Waals surface area contributed by atoms with Gasteiger partial charge < -0.3 is 4.74 Å². The molecule has 1 spiro atoms. The van der Waals surface area contributed by atoms with Gasteiger partial charge in [-0.2, -0.15) is 0 Å². The second-order valence-corrected chi connectivity index (χ2v) is 8.33. The molecule has 1 saturated heterocycles. The highest BCUT2D eigenvalue weighted by Gasteiger charge is 2.65. The standard InChI is InChI=1S/C18H32O/c1-5-6-8-14-9-7-11-17(4)12-10-15-13-18(14,17)19-16(15,2)3/h14-15H,5-13H2,1-4H3/t14-,15+,17-,18-/m0/s1. The molecule has 2 bridgehead atoms. The minimum Gasteiger partial charge on any atom is -0.368 e. The van der Waals surface area contributed by atoms with Crippen LogP contribution in [-0.2, 0) is 4.74 Å².